The molecule has 17 heavy (non-hydrogen) atoms. The number of nitrogens with one attached hydrogen (secondary N) is 1. The number of aromatic nitrogens is 2. The normalized spacial score (nSPS) is 13.8. The molecule has 0 saturated carbocycles. The molecule has 1 atom stereocenters. The quantitative estimate of drug-likeness (QED) is 0.784. The lowest BCUT2D eigenvalue weighted by Crippen LogP contribution is -2.23. The summed E-state index contributed by atoms with van der Waals surface area (Å²) in [4.78, 5) is 4.57. The molecule has 0 saturated heterocycles. The molecule has 0 amide bonds. The highest BCUT2D eigenvalue weighted by molar-refractivity contribution is 5.29. The van der Waals surface area contributed by atoms with Crippen molar-refractivity contribution < 1.29 is 0 Å². The predicted molar refractivity (Wildman–Crippen MR) is 74.5 cm³/mol. The Morgan fingerprint density at radius 1 is 1.41 bits per heavy atom. The molecule has 0 bridgehead atoms. The maximum absolute atomic E-state index is 4.57. The number of rotatable bonds is 5. The van der Waals surface area contributed by atoms with Crippen LogP contribution in [0.5, 0.6) is 0 Å². The van der Waals surface area contributed by atoms with Crippen LogP contribution in [0, 0.1) is 12.3 Å². The van der Waals surface area contributed by atoms with Gasteiger partial charge in [-0.25, -0.2) is 4.98 Å². The lowest BCUT2D eigenvalue weighted by molar-refractivity contribution is 0.264. The van der Waals surface area contributed by atoms with Gasteiger partial charge in [0.25, 0.3) is 0 Å². The van der Waals surface area contributed by atoms with Crippen LogP contribution < -0.4 is 5.32 Å². The number of nitrogens with zero attached hydrogens (tertiary/aromatic N) is 2. The summed E-state index contributed by atoms with van der Waals surface area (Å²) in [7, 11) is 0. The largest absolute Gasteiger partial charge is 0.356 e. The van der Waals surface area contributed by atoms with Crippen LogP contribution in [0.4, 0.5) is 5.95 Å². The summed E-state index contributed by atoms with van der Waals surface area (Å²) in [5.74, 6) is 1.01. The molecule has 0 aliphatic heterocycles. The average molecular weight is 237 g/mol. The molecule has 0 radical (unpaired) electrons. The van der Waals surface area contributed by atoms with Crippen molar-refractivity contribution in [3.8, 4) is 0 Å². The molecule has 1 unspecified atom stereocenters. The Kier molecular flexibility index (Phi) is 4.61. The summed E-state index contributed by atoms with van der Waals surface area (Å²) in [6.07, 6.45) is 4.54. The molecule has 1 aromatic heterocycles. The van der Waals surface area contributed by atoms with Crippen molar-refractivity contribution in [1.29, 1.82) is 0 Å². The van der Waals surface area contributed by atoms with E-state index in [2.05, 4.69) is 62.6 Å². The highest BCUT2D eigenvalue weighted by Gasteiger charge is 2.23. The summed E-state index contributed by atoms with van der Waals surface area (Å²) in [6, 6.07) is 0.438. The molecular weight excluding hydrogens is 210 g/mol. The molecule has 0 aliphatic rings. The minimum absolute atomic E-state index is 0.244. The first kappa shape index (κ1) is 14.1. The van der Waals surface area contributed by atoms with E-state index in [1.807, 2.05) is 0 Å². The molecule has 1 rings (SSSR count). The summed E-state index contributed by atoms with van der Waals surface area (Å²) in [5.41, 5.74) is 1.33. The van der Waals surface area contributed by atoms with Gasteiger partial charge < -0.3 is 9.88 Å². The summed E-state index contributed by atoms with van der Waals surface area (Å²) in [5, 5.41) is 3.44. The monoisotopic (exact) mass is 237 g/mol. The van der Waals surface area contributed by atoms with Crippen LogP contribution in [0.2, 0.25) is 0 Å². The van der Waals surface area contributed by atoms with Crippen molar-refractivity contribution in [3.05, 3.63) is 11.9 Å². The van der Waals surface area contributed by atoms with Gasteiger partial charge in [-0.3, -0.25) is 0 Å². The summed E-state index contributed by atoms with van der Waals surface area (Å²) in [6.45, 7) is 14.3. The van der Waals surface area contributed by atoms with Gasteiger partial charge in [-0.2, -0.15) is 0 Å². The van der Waals surface area contributed by atoms with E-state index in [1.54, 1.807) is 0 Å². The van der Waals surface area contributed by atoms with Gasteiger partial charge in [-0.15, -0.1) is 0 Å². The fourth-order valence-corrected chi connectivity index (χ4v) is 1.74. The third-order valence-electron chi connectivity index (χ3n) is 3.34. The van der Waals surface area contributed by atoms with Crippen molar-refractivity contribution in [2.75, 3.05) is 11.9 Å². The average Bonchev–Trinajstić information content (AvgIpc) is 2.57. The topological polar surface area (TPSA) is 29.9 Å². The van der Waals surface area contributed by atoms with Crippen molar-refractivity contribution in [1.82, 2.24) is 9.55 Å². The van der Waals surface area contributed by atoms with Gasteiger partial charge in [0.15, 0.2) is 0 Å². The highest BCUT2D eigenvalue weighted by atomic mass is 15.2. The van der Waals surface area contributed by atoms with Crippen molar-refractivity contribution in [2.24, 2.45) is 5.41 Å². The number of hydrogen-bond donors (Lipinski definition) is 1. The van der Waals surface area contributed by atoms with Crippen LogP contribution in [-0.4, -0.2) is 16.1 Å². The van der Waals surface area contributed by atoms with Crippen molar-refractivity contribution in [2.45, 2.75) is 60.4 Å². The van der Waals surface area contributed by atoms with Crippen LogP contribution in [0.1, 0.15) is 59.2 Å². The maximum Gasteiger partial charge on any atom is 0.203 e. The van der Waals surface area contributed by atoms with E-state index in [0.29, 0.717) is 6.04 Å². The predicted octanol–water partition coefficient (Wildman–Crippen LogP) is 4.01. The van der Waals surface area contributed by atoms with Gasteiger partial charge in [0, 0.05) is 18.8 Å². The molecule has 3 heteroatoms. The lowest BCUT2D eigenvalue weighted by Gasteiger charge is -2.29. The Balaban J connectivity index is 2.84. The van der Waals surface area contributed by atoms with E-state index in [4.69, 9.17) is 0 Å². The van der Waals surface area contributed by atoms with E-state index in [1.165, 1.54) is 12.8 Å². The van der Waals surface area contributed by atoms with E-state index < -0.39 is 0 Å². The van der Waals surface area contributed by atoms with Gasteiger partial charge in [-0.1, -0.05) is 34.1 Å². The second-order valence-corrected chi connectivity index (χ2v) is 5.94. The van der Waals surface area contributed by atoms with Crippen molar-refractivity contribution >= 4 is 5.95 Å². The molecule has 0 spiro atoms. The first-order chi connectivity index (χ1) is 7.86. The molecule has 1 N–H and O–H groups in total. The van der Waals surface area contributed by atoms with Crippen molar-refractivity contribution in [3.63, 3.8) is 0 Å². The van der Waals surface area contributed by atoms with Gasteiger partial charge in [0.05, 0.1) is 5.69 Å². The zero-order chi connectivity index (χ0) is 13.1. The van der Waals surface area contributed by atoms with Crippen LogP contribution >= 0.6 is 0 Å². The van der Waals surface area contributed by atoms with Crippen LogP contribution in [0.3, 0.4) is 0 Å². The number of unbranched alkanes of at least 4 members (excludes halogenated alkanes) is 1. The second-order valence-electron chi connectivity index (χ2n) is 5.94. The fraction of sp³-hybridized carbons (Fsp3) is 0.786. The number of imidazole rings is 1. The Morgan fingerprint density at radius 3 is 2.59 bits per heavy atom. The molecular formula is C14H27N3. The van der Waals surface area contributed by atoms with Gasteiger partial charge in [0.1, 0.15) is 0 Å². The molecule has 3 nitrogen and oxygen atoms in total. The molecule has 0 fully saturated rings. The van der Waals surface area contributed by atoms with E-state index in [-0.39, 0.29) is 5.41 Å². The minimum atomic E-state index is 0.244. The number of hydrogen-bond acceptors (Lipinski definition) is 2. The smallest absolute Gasteiger partial charge is 0.203 e. The highest BCUT2D eigenvalue weighted by Crippen LogP contribution is 2.32. The third-order valence-corrected chi connectivity index (χ3v) is 3.34. The molecule has 0 aromatic carbocycles. The van der Waals surface area contributed by atoms with Gasteiger partial charge >= 0.3 is 0 Å². The zero-order valence-electron chi connectivity index (χ0n) is 12.2. The third kappa shape index (κ3) is 3.76. The maximum atomic E-state index is 4.57. The van der Waals surface area contributed by atoms with Gasteiger partial charge in [0.2, 0.25) is 5.95 Å². The Hall–Kier alpha value is -0.990. The Bertz CT molecular complexity index is 347. The second kappa shape index (κ2) is 5.56. The number of aryl methyl sites for hydroxylation is 1. The SMILES string of the molecule is CCCCNc1nc(C)cn1C(C)C(C)(C)C. The Morgan fingerprint density at radius 2 is 2.06 bits per heavy atom. The molecule has 1 aromatic rings. The summed E-state index contributed by atoms with van der Waals surface area (Å²) < 4.78 is 2.27. The van der Waals surface area contributed by atoms with Crippen LogP contribution in [-0.2, 0) is 0 Å². The standard InChI is InChI=1S/C14H27N3/c1-7-8-9-15-13-16-11(2)10-17(13)12(3)14(4,5)6/h10,12H,7-9H2,1-6H3,(H,15,16). The first-order valence-electron chi connectivity index (χ1n) is 6.65. The molecule has 98 valence electrons. The minimum Gasteiger partial charge on any atom is -0.356 e. The molecule has 1 heterocycles. The van der Waals surface area contributed by atoms with E-state index in [9.17, 15) is 0 Å². The fourth-order valence-electron chi connectivity index (χ4n) is 1.74. The Labute approximate surface area is 106 Å². The molecule has 0 aliphatic carbocycles. The van der Waals surface area contributed by atoms with Gasteiger partial charge in [-0.05, 0) is 25.7 Å². The zero-order valence-corrected chi connectivity index (χ0v) is 12.2. The van der Waals surface area contributed by atoms with E-state index >= 15 is 0 Å². The lowest BCUT2D eigenvalue weighted by atomic mass is 9.88. The number of anilines is 1. The van der Waals surface area contributed by atoms with E-state index in [0.717, 1.165) is 18.2 Å². The summed E-state index contributed by atoms with van der Waals surface area (Å²) >= 11 is 0. The van der Waals surface area contributed by atoms with Crippen LogP contribution in [0.25, 0.3) is 0 Å². The first-order valence-corrected chi connectivity index (χ1v) is 6.65. The van der Waals surface area contributed by atoms with Crippen LogP contribution in [0.15, 0.2) is 6.20 Å².